The average Bonchev–Trinajstić information content (AvgIpc) is 2.70. The van der Waals surface area contributed by atoms with Gasteiger partial charge in [-0.05, 0) is 24.5 Å². The topological polar surface area (TPSA) is 42.1 Å². The quantitative estimate of drug-likeness (QED) is 0.681. The van der Waals surface area contributed by atoms with E-state index in [1.54, 1.807) is 11.1 Å². The van der Waals surface area contributed by atoms with E-state index in [9.17, 15) is 13.2 Å². The lowest BCUT2D eigenvalue weighted by molar-refractivity contribution is 0.0399. The van der Waals surface area contributed by atoms with Gasteiger partial charge in [0.25, 0.3) is 6.43 Å². The van der Waals surface area contributed by atoms with Crippen molar-refractivity contribution in [3.05, 3.63) is 42.0 Å². The maximum absolute atomic E-state index is 13.5. The number of nitrogens with zero attached hydrogens (tertiary/aromatic N) is 2. The van der Waals surface area contributed by atoms with E-state index in [0.717, 1.165) is 6.20 Å². The second-order valence-electron chi connectivity index (χ2n) is 5.85. The van der Waals surface area contributed by atoms with Gasteiger partial charge >= 0.3 is 0 Å². The van der Waals surface area contributed by atoms with Crippen LogP contribution in [0.5, 0.6) is 0 Å². The van der Waals surface area contributed by atoms with Crippen molar-refractivity contribution < 1.29 is 13.2 Å². The molecule has 0 spiro atoms. The van der Waals surface area contributed by atoms with Crippen LogP contribution in [0.2, 0.25) is 0 Å². The Morgan fingerprint density at radius 2 is 2.00 bits per heavy atom. The van der Waals surface area contributed by atoms with Crippen molar-refractivity contribution >= 4 is 17.2 Å². The average molecular weight is 327 g/mol. The largest absolute Gasteiger partial charge is 0.393 e. The molecule has 3 nitrogen and oxygen atoms in total. The number of piperidine rings is 1. The van der Waals surface area contributed by atoms with Crippen molar-refractivity contribution in [3.63, 3.8) is 0 Å². The molecule has 22 heavy (non-hydrogen) atoms. The maximum atomic E-state index is 13.5. The summed E-state index contributed by atoms with van der Waals surface area (Å²) in [7, 11) is 0. The first-order valence-corrected chi connectivity index (χ1v) is 7.46. The minimum Gasteiger partial charge on any atom is -0.393 e. The van der Waals surface area contributed by atoms with Crippen molar-refractivity contribution in [3.8, 4) is 0 Å². The van der Waals surface area contributed by atoms with Gasteiger partial charge in [0, 0.05) is 18.3 Å². The highest BCUT2D eigenvalue weighted by atomic mass is 32.1. The number of halogens is 3. The van der Waals surface area contributed by atoms with Crippen LogP contribution in [0.15, 0.2) is 30.6 Å². The highest BCUT2D eigenvalue weighted by Crippen LogP contribution is 2.45. The third-order valence-electron chi connectivity index (χ3n) is 4.60. The van der Waals surface area contributed by atoms with Gasteiger partial charge in [0.2, 0.25) is 0 Å². The van der Waals surface area contributed by atoms with Crippen LogP contribution in [0, 0.1) is 5.82 Å². The summed E-state index contributed by atoms with van der Waals surface area (Å²) in [4.78, 5) is 5.90. The third-order valence-corrected chi connectivity index (χ3v) is 4.99. The van der Waals surface area contributed by atoms with E-state index in [-0.39, 0.29) is 23.6 Å². The molecule has 1 saturated heterocycles. The van der Waals surface area contributed by atoms with E-state index in [4.69, 9.17) is 18.0 Å². The third kappa shape index (κ3) is 2.52. The molecule has 3 heterocycles. The van der Waals surface area contributed by atoms with E-state index >= 15 is 0 Å². The molecule has 0 radical (unpaired) electrons. The van der Waals surface area contributed by atoms with Crippen LogP contribution in [-0.2, 0) is 5.41 Å². The summed E-state index contributed by atoms with van der Waals surface area (Å²) in [5.74, 6) is -0.455. The number of rotatable bonds is 4. The second-order valence-corrected chi connectivity index (χ2v) is 6.29. The number of hydrogen-bond donors (Lipinski definition) is 1. The molecule has 2 bridgehead atoms. The summed E-state index contributed by atoms with van der Waals surface area (Å²) in [6.07, 6.45) is 5.05. The Labute approximate surface area is 132 Å². The zero-order valence-corrected chi connectivity index (χ0v) is 12.6. The molecule has 1 fully saturated rings. The van der Waals surface area contributed by atoms with Crippen LogP contribution in [0.1, 0.15) is 18.4 Å². The van der Waals surface area contributed by atoms with E-state index < -0.39 is 17.7 Å². The minimum absolute atomic E-state index is 0.169. The number of alkyl halides is 2. The summed E-state index contributed by atoms with van der Waals surface area (Å²) >= 11 is 5.25. The Balaban J connectivity index is 1.94. The van der Waals surface area contributed by atoms with Crippen LogP contribution in [0.25, 0.3) is 0 Å². The van der Waals surface area contributed by atoms with Crippen molar-refractivity contribution in [1.29, 1.82) is 0 Å². The lowest BCUT2D eigenvalue weighted by atomic mass is 9.70. The molecule has 0 saturated carbocycles. The molecule has 1 aromatic heterocycles. The SMILES string of the molecule is NC(=S)C1(c2cncc(F)c2)C[C@H]2C=C[C@@H](C1)N2CC(F)F. The van der Waals surface area contributed by atoms with Gasteiger partial charge in [-0.2, -0.15) is 0 Å². The molecular weight excluding hydrogens is 311 g/mol. The smallest absolute Gasteiger partial charge is 0.251 e. The molecule has 3 atom stereocenters. The molecule has 0 aromatic carbocycles. The maximum Gasteiger partial charge on any atom is 0.251 e. The molecule has 3 rings (SSSR count). The summed E-state index contributed by atoms with van der Waals surface area (Å²) in [5.41, 5.74) is 5.88. The van der Waals surface area contributed by atoms with E-state index in [2.05, 4.69) is 4.98 Å². The standard InChI is InChI=1S/C15H16F3N3S/c16-10-3-9(6-20-7-10)15(14(19)22)4-11-1-2-12(5-15)21(11)8-13(17)18/h1-3,6-7,11-13H,4-5,8H2,(H2,19,22)/t11-,12+,15?. The highest BCUT2D eigenvalue weighted by molar-refractivity contribution is 7.80. The molecule has 1 unspecified atom stereocenters. The van der Waals surface area contributed by atoms with E-state index in [1.807, 2.05) is 12.2 Å². The Morgan fingerprint density at radius 1 is 1.36 bits per heavy atom. The minimum atomic E-state index is -2.39. The number of hydrogen-bond acceptors (Lipinski definition) is 3. The molecule has 2 aliphatic rings. The number of nitrogens with two attached hydrogens (primary N) is 1. The predicted octanol–water partition coefficient (Wildman–Crippen LogP) is 2.41. The number of pyridine rings is 1. The molecule has 2 aliphatic heterocycles. The molecule has 0 aliphatic carbocycles. The monoisotopic (exact) mass is 327 g/mol. The van der Waals surface area contributed by atoms with Gasteiger partial charge in [0.15, 0.2) is 0 Å². The lowest BCUT2D eigenvalue weighted by Gasteiger charge is -2.46. The first-order valence-electron chi connectivity index (χ1n) is 7.05. The Hall–Kier alpha value is -1.47. The summed E-state index contributed by atoms with van der Waals surface area (Å²) in [5, 5.41) is 0. The zero-order valence-electron chi connectivity index (χ0n) is 11.8. The normalized spacial score (nSPS) is 30.9. The van der Waals surface area contributed by atoms with Gasteiger partial charge in [-0.3, -0.25) is 9.88 Å². The van der Waals surface area contributed by atoms with Crippen LogP contribution < -0.4 is 5.73 Å². The number of aromatic nitrogens is 1. The lowest BCUT2D eigenvalue weighted by Crippen LogP contribution is -2.55. The zero-order chi connectivity index (χ0) is 15.9. The molecule has 7 heteroatoms. The second kappa shape index (κ2) is 5.62. The molecule has 0 amide bonds. The predicted molar refractivity (Wildman–Crippen MR) is 81.3 cm³/mol. The molecule has 118 valence electrons. The van der Waals surface area contributed by atoms with Gasteiger partial charge in [-0.1, -0.05) is 24.4 Å². The fourth-order valence-corrected chi connectivity index (χ4v) is 3.86. The van der Waals surface area contributed by atoms with Crippen LogP contribution in [0.3, 0.4) is 0 Å². The highest BCUT2D eigenvalue weighted by Gasteiger charge is 2.49. The molecule has 1 aromatic rings. The van der Waals surface area contributed by atoms with Crippen molar-refractivity contribution in [1.82, 2.24) is 9.88 Å². The van der Waals surface area contributed by atoms with Crippen LogP contribution in [-0.4, -0.2) is 39.9 Å². The molecule has 2 N–H and O–H groups in total. The fourth-order valence-electron chi connectivity index (χ4n) is 3.57. The van der Waals surface area contributed by atoms with Crippen LogP contribution >= 0.6 is 12.2 Å². The van der Waals surface area contributed by atoms with Crippen molar-refractivity contribution in [2.24, 2.45) is 5.73 Å². The van der Waals surface area contributed by atoms with Gasteiger partial charge in [-0.25, -0.2) is 13.2 Å². The van der Waals surface area contributed by atoms with Gasteiger partial charge in [0.1, 0.15) is 5.82 Å². The van der Waals surface area contributed by atoms with Crippen molar-refractivity contribution in [2.45, 2.75) is 36.8 Å². The molecular formula is C15H16F3N3S. The van der Waals surface area contributed by atoms with Crippen LogP contribution in [0.4, 0.5) is 13.2 Å². The van der Waals surface area contributed by atoms with E-state index in [1.165, 1.54) is 6.07 Å². The Kier molecular flexibility index (Phi) is 3.94. The first kappa shape index (κ1) is 15.4. The van der Waals surface area contributed by atoms with Gasteiger partial charge in [0.05, 0.1) is 23.1 Å². The Bertz CT molecular complexity index is 604. The van der Waals surface area contributed by atoms with E-state index in [0.29, 0.717) is 18.4 Å². The summed E-state index contributed by atoms with van der Waals surface area (Å²) < 4.78 is 39.0. The first-order chi connectivity index (χ1) is 10.4. The van der Waals surface area contributed by atoms with Crippen molar-refractivity contribution in [2.75, 3.05) is 6.54 Å². The number of fused-ring (bicyclic) bond motifs is 2. The fraction of sp³-hybridized carbons (Fsp3) is 0.467. The summed E-state index contributed by atoms with van der Waals surface area (Å²) in [6, 6.07) is 1.05. The van der Waals surface area contributed by atoms with Gasteiger partial charge < -0.3 is 5.73 Å². The Morgan fingerprint density at radius 3 is 2.50 bits per heavy atom. The van der Waals surface area contributed by atoms with Gasteiger partial charge in [-0.15, -0.1) is 0 Å². The number of thiocarbonyl (C=S) groups is 1. The summed E-state index contributed by atoms with van der Waals surface area (Å²) in [6.45, 7) is -0.281.